The topological polar surface area (TPSA) is 26.3 Å². The molecule has 1 aliphatic carbocycles. The van der Waals surface area contributed by atoms with Gasteiger partial charge in [0, 0.05) is 0 Å². The molecular formula is C12H20O2. The fourth-order valence-electron chi connectivity index (χ4n) is 2.18. The molecule has 1 saturated carbocycles. The molecule has 0 aromatic carbocycles. The summed E-state index contributed by atoms with van der Waals surface area (Å²) in [5.74, 6) is 0.588. The monoisotopic (exact) mass is 196 g/mol. The van der Waals surface area contributed by atoms with Crippen molar-refractivity contribution in [1.29, 1.82) is 0 Å². The maximum atomic E-state index is 11.3. The molecule has 2 heteroatoms. The van der Waals surface area contributed by atoms with Crippen LogP contribution in [0.15, 0.2) is 0 Å². The summed E-state index contributed by atoms with van der Waals surface area (Å²) in [6.07, 6.45) is 5.93. The zero-order chi connectivity index (χ0) is 10.6. The van der Waals surface area contributed by atoms with Crippen LogP contribution in [0.3, 0.4) is 0 Å². The fourth-order valence-corrected chi connectivity index (χ4v) is 2.18. The lowest BCUT2D eigenvalue weighted by Crippen LogP contribution is -2.19. The highest BCUT2D eigenvalue weighted by molar-refractivity contribution is 5.70. The summed E-state index contributed by atoms with van der Waals surface area (Å²) in [5, 5.41) is 0. The van der Waals surface area contributed by atoms with E-state index in [0.29, 0.717) is 18.9 Å². The number of esters is 1. The minimum Gasteiger partial charge on any atom is -0.466 e. The van der Waals surface area contributed by atoms with E-state index >= 15 is 0 Å². The third-order valence-electron chi connectivity index (χ3n) is 2.96. The highest BCUT2D eigenvalue weighted by Gasteiger charge is 2.36. The Hall–Kier alpha value is -0.530. The summed E-state index contributed by atoms with van der Waals surface area (Å²) in [4.78, 5) is 11.3. The Balaban J connectivity index is 2.40. The van der Waals surface area contributed by atoms with Crippen LogP contribution in [0.2, 0.25) is 0 Å². The van der Waals surface area contributed by atoms with Crippen LogP contribution in [-0.2, 0) is 9.53 Å². The molecule has 2 unspecified atom stereocenters. The summed E-state index contributed by atoms with van der Waals surface area (Å²) in [5.41, 5.74) is 0.0502. The molecule has 0 spiro atoms. The van der Waals surface area contributed by atoms with Gasteiger partial charge in [-0.05, 0) is 37.5 Å². The van der Waals surface area contributed by atoms with Gasteiger partial charge < -0.3 is 4.74 Å². The third-order valence-corrected chi connectivity index (χ3v) is 2.96. The van der Waals surface area contributed by atoms with Crippen molar-refractivity contribution in [3.63, 3.8) is 0 Å². The van der Waals surface area contributed by atoms with Gasteiger partial charge in [-0.3, -0.25) is 4.79 Å². The molecule has 0 heterocycles. The summed E-state index contributed by atoms with van der Waals surface area (Å²) >= 11 is 0. The Bertz CT molecular complexity index is 200. The lowest BCUT2D eigenvalue weighted by atomic mass is 9.84. The minimum absolute atomic E-state index is 0.0502. The highest BCUT2D eigenvalue weighted by atomic mass is 16.5. The van der Waals surface area contributed by atoms with E-state index in [1.807, 2.05) is 6.92 Å². The van der Waals surface area contributed by atoms with E-state index in [1.54, 1.807) is 0 Å². The summed E-state index contributed by atoms with van der Waals surface area (Å²) in [6.45, 7) is 8.38. The van der Waals surface area contributed by atoms with E-state index in [1.165, 1.54) is 0 Å². The zero-order valence-electron chi connectivity index (χ0n) is 9.21. The van der Waals surface area contributed by atoms with Crippen molar-refractivity contribution in [3.8, 4) is 0 Å². The van der Waals surface area contributed by atoms with Crippen LogP contribution in [-0.4, -0.2) is 12.6 Å². The molecule has 0 N–H and O–H groups in total. The molecule has 0 bridgehead atoms. The van der Waals surface area contributed by atoms with Gasteiger partial charge in [-0.2, -0.15) is 0 Å². The summed E-state index contributed by atoms with van der Waals surface area (Å²) < 4.78 is 4.96. The van der Waals surface area contributed by atoms with Gasteiger partial charge in [-0.25, -0.2) is 0 Å². The van der Waals surface area contributed by atoms with Crippen LogP contribution in [0.1, 0.15) is 39.5 Å². The van der Waals surface area contributed by atoms with Gasteiger partial charge in [0.1, 0.15) is 0 Å². The summed E-state index contributed by atoms with van der Waals surface area (Å²) in [7, 11) is 0. The van der Waals surface area contributed by atoms with Gasteiger partial charge in [0.2, 0.25) is 0 Å². The largest absolute Gasteiger partial charge is 0.466 e. The zero-order valence-corrected chi connectivity index (χ0v) is 9.21. The molecule has 14 heavy (non-hydrogen) atoms. The van der Waals surface area contributed by atoms with Gasteiger partial charge in [0.05, 0.1) is 13.0 Å². The van der Waals surface area contributed by atoms with Crippen molar-refractivity contribution >= 4 is 5.97 Å². The minimum atomic E-state index is -0.0732. The molecule has 0 aliphatic heterocycles. The molecule has 1 rings (SSSR count). The average Bonchev–Trinajstić information content (AvgIpc) is 2.47. The molecule has 2 radical (unpaired) electrons. The Morgan fingerprint density at radius 2 is 2.43 bits per heavy atom. The first-order valence-electron chi connectivity index (χ1n) is 5.39. The number of ether oxygens (including phenoxy) is 1. The maximum absolute atomic E-state index is 11.3. The molecule has 2 atom stereocenters. The first-order valence-corrected chi connectivity index (χ1v) is 5.39. The Morgan fingerprint density at radius 1 is 1.71 bits per heavy atom. The van der Waals surface area contributed by atoms with Gasteiger partial charge >= 0.3 is 5.97 Å². The quantitative estimate of drug-likeness (QED) is 0.646. The number of hydrogen-bond donors (Lipinski definition) is 0. The number of hydrogen-bond acceptors (Lipinski definition) is 2. The van der Waals surface area contributed by atoms with Crippen molar-refractivity contribution in [2.24, 2.45) is 11.3 Å². The third kappa shape index (κ3) is 3.00. The smallest absolute Gasteiger partial charge is 0.306 e. The van der Waals surface area contributed by atoms with Crippen LogP contribution in [0.4, 0.5) is 0 Å². The van der Waals surface area contributed by atoms with Crippen molar-refractivity contribution < 1.29 is 9.53 Å². The second-order valence-corrected chi connectivity index (χ2v) is 4.43. The first-order chi connectivity index (χ1) is 6.59. The van der Waals surface area contributed by atoms with Crippen molar-refractivity contribution in [1.82, 2.24) is 0 Å². The predicted molar refractivity (Wildman–Crippen MR) is 56.4 cm³/mol. The van der Waals surface area contributed by atoms with Gasteiger partial charge in [-0.15, -0.1) is 0 Å². The van der Waals surface area contributed by atoms with E-state index in [-0.39, 0.29) is 11.4 Å². The Kier molecular flexibility index (Phi) is 3.97. The van der Waals surface area contributed by atoms with E-state index in [9.17, 15) is 4.79 Å². The lowest BCUT2D eigenvalue weighted by molar-refractivity contribution is -0.145. The van der Waals surface area contributed by atoms with E-state index in [0.717, 1.165) is 19.3 Å². The standard InChI is InChI=1S/C12H20O2/c1-4-10-6-7-12(3,8-10)9-11(13)14-5-2/h7,10H,1,4-6,8-9H2,2-3H3. The lowest BCUT2D eigenvalue weighted by Gasteiger charge is -2.22. The van der Waals surface area contributed by atoms with Crippen molar-refractivity contribution in [2.45, 2.75) is 39.5 Å². The number of carbonyl (C=O) groups excluding carboxylic acids is 1. The highest BCUT2D eigenvalue weighted by Crippen LogP contribution is 2.44. The second kappa shape index (κ2) is 4.81. The average molecular weight is 196 g/mol. The van der Waals surface area contributed by atoms with Crippen LogP contribution in [0.5, 0.6) is 0 Å². The summed E-state index contributed by atoms with van der Waals surface area (Å²) in [6, 6.07) is 0. The first kappa shape index (κ1) is 11.5. The van der Waals surface area contributed by atoms with E-state index < -0.39 is 0 Å². The van der Waals surface area contributed by atoms with Crippen LogP contribution < -0.4 is 0 Å². The van der Waals surface area contributed by atoms with Gasteiger partial charge in [-0.1, -0.05) is 20.3 Å². The van der Waals surface area contributed by atoms with Crippen LogP contribution >= 0.6 is 0 Å². The number of carbonyl (C=O) groups is 1. The molecule has 0 saturated heterocycles. The normalized spacial score (nSPS) is 31.8. The van der Waals surface area contributed by atoms with Crippen LogP contribution in [0, 0.1) is 24.7 Å². The number of rotatable bonds is 4. The molecule has 0 amide bonds. The van der Waals surface area contributed by atoms with Gasteiger partial charge in [0.15, 0.2) is 0 Å². The maximum Gasteiger partial charge on any atom is 0.306 e. The van der Waals surface area contributed by atoms with Gasteiger partial charge in [0.25, 0.3) is 0 Å². The van der Waals surface area contributed by atoms with Crippen molar-refractivity contribution in [3.05, 3.63) is 13.3 Å². The predicted octanol–water partition coefficient (Wildman–Crippen LogP) is 2.78. The van der Waals surface area contributed by atoms with E-state index in [4.69, 9.17) is 4.74 Å². The Labute approximate surface area is 87.0 Å². The molecule has 0 aromatic rings. The Morgan fingerprint density at radius 3 is 2.93 bits per heavy atom. The molecule has 2 nitrogen and oxygen atoms in total. The molecule has 1 aliphatic rings. The molecule has 1 fully saturated rings. The molecule has 80 valence electrons. The SMILES string of the molecule is [CH2]CC1C[CH]C(C)(CC(=O)OCC)C1. The van der Waals surface area contributed by atoms with Crippen molar-refractivity contribution in [2.75, 3.05) is 6.61 Å². The fraction of sp³-hybridized carbons (Fsp3) is 0.750. The van der Waals surface area contributed by atoms with Crippen LogP contribution in [0.25, 0.3) is 0 Å². The second-order valence-electron chi connectivity index (χ2n) is 4.43. The molecule has 0 aromatic heterocycles. The molecular weight excluding hydrogens is 176 g/mol. The van der Waals surface area contributed by atoms with E-state index in [2.05, 4.69) is 20.3 Å².